The Morgan fingerprint density at radius 3 is 2.75 bits per heavy atom. The zero-order valence-corrected chi connectivity index (χ0v) is 9.32. The SMILES string of the molecule is Cc1occc1Sc1ccc(C(=O)O)nc1. The van der Waals surface area contributed by atoms with Crippen LogP contribution in [0.15, 0.2) is 44.9 Å². The Balaban J connectivity index is 2.17. The standard InChI is InChI=1S/C11H9NO3S/c1-7-10(4-5-15-7)16-8-2-3-9(11(13)14)12-6-8/h2-6H,1H3,(H,13,14). The van der Waals surface area contributed by atoms with Gasteiger partial charge in [-0.25, -0.2) is 9.78 Å². The molecule has 0 atom stereocenters. The molecule has 2 rings (SSSR count). The molecule has 5 heteroatoms. The minimum absolute atomic E-state index is 0.0493. The lowest BCUT2D eigenvalue weighted by Gasteiger charge is -1.99. The first-order chi connectivity index (χ1) is 7.66. The number of aromatic nitrogens is 1. The summed E-state index contributed by atoms with van der Waals surface area (Å²) in [4.78, 5) is 16.3. The number of carbonyl (C=O) groups is 1. The Kier molecular flexibility index (Phi) is 2.96. The number of furan rings is 1. The quantitative estimate of drug-likeness (QED) is 0.886. The Labute approximate surface area is 96.3 Å². The topological polar surface area (TPSA) is 63.3 Å². The summed E-state index contributed by atoms with van der Waals surface area (Å²) in [5.41, 5.74) is 0.0493. The van der Waals surface area contributed by atoms with Gasteiger partial charge in [-0.1, -0.05) is 11.8 Å². The molecule has 2 aromatic heterocycles. The van der Waals surface area contributed by atoms with Crippen LogP contribution in [0, 0.1) is 6.92 Å². The van der Waals surface area contributed by atoms with Crippen LogP contribution in [-0.4, -0.2) is 16.1 Å². The van der Waals surface area contributed by atoms with E-state index in [0.29, 0.717) is 0 Å². The van der Waals surface area contributed by atoms with Crippen molar-refractivity contribution >= 4 is 17.7 Å². The highest BCUT2D eigenvalue weighted by molar-refractivity contribution is 7.99. The van der Waals surface area contributed by atoms with Crippen LogP contribution in [0.5, 0.6) is 0 Å². The average molecular weight is 235 g/mol. The molecule has 82 valence electrons. The molecule has 0 aliphatic heterocycles. The van der Waals surface area contributed by atoms with Crippen molar-refractivity contribution in [3.05, 3.63) is 42.1 Å². The molecule has 0 unspecified atom stereocenters. The van der Waals surface area contributed by atoms with Gasteiger partial charge in [0.1, 0.15) is 11.5 Å². The lowest BCUT2D eigenvalue weighted by Crippen LogP contribution is -1.98. The lowest BCUT2D eigenvalue weighted by atomic mass is 10.4. The van der Waals surface area contributed by atoms with E-state index in [-0.39, 0.29) is 5.69 Å². The summed E-state index contributed by atoms with van der Waals surface area (Å²) < 4.78 is 5.16. The Morgan fingerprint density at radius 2 is 2.25 bits per heavy atom. The number of aryl methyl sites for hydroxylation is 1. The van der Waals surface area contributed by atoms with Gasteiger partial charge in [0.05, 0.1) is 11.2 Å². The van der Waals surface area contributed by atoms with E-state index in [0.717, 1.165) is 15.6 Å². The van der Waals surface area contributed by atoms with E-state index < -0.39 is 5.97 Å². The van der Waals surface area contributed by atoms with Gasteiger partial charge < -0.3 is 9.52 Å². The minimum atomic E-state index is -1.02. The number of carboxylic acid groups (broad SMARTS) is 1. The predicted octanol–water partition coefficient (Wildman–Crippen LogP) is 2.83. The number of rotatable bonds is 3. The molecule has 0 saturated heterocycles. The molecule has 0 aromatic carbocycles. The van der Waals surface area contributed by atoms with Gasteiger partial charge in [-0.2, -0.15) is 0 Å². The first-order valence-corrected chi connectivity index (χ1v) is 5.40. The summed E-state index contributed by atoms with van der Waals surface area (Å²) in [5, 5.41) is 8.69. The Hall–Kier alpha value is -1.75. The number of aromatic carboxylic acids is 1. The zero-order valence-electron chi connectivity index (χ0n) is 8.51. The van der Waals surface area contributed by atoms with E-state index in [2.05, 4.69) is 4.98 Å². The molecule has 2 aromatic rings. The third kappa shape index (κ3) is 2.25. The van der Waals surface area contributed by atoms with E-state index in [1.54, 1.807) is 18.5 Å². The Bertz CT molecular complexity index is 504. The molecule has 0 spiro atoms. The highest BCUT2D eigenvalue weighted by Gasteiger charge is 2.06. The molecule has 1 N–H and O–H groups in total. The maximum atomic E-state index is 10.6. The van der Waals surface area contributed by atoms with Crippen molar-refractivity contribution in [2.75, 3.05) is 0 Å². The normalized spacial score (nSPS) is 10.3. The number of nitrogens with zero attached hydrogens (tertiary/aromatic N) is 1. The van der Waals surface area contributed by atoms with Crippen molar-refractivity contribution in [3.63, 3.8) is 0 Å². The zero-order chi connectivity index (χ0) is 11.5. The second-order valence-electron chi connectivity index (χ2n) is 3.13. The van der Waals surface area contributed by atoms with Crippen LogP contribution in [0.3, 0.4) is 0 Å². The van der Waals surface area contributed by atoms with Gasteiger partial charge in [-0.3, -0.25) is 0 Å². The maximum absolute atomic E-state index is 10.6. The van der Waals surface area contributed by atoms with Crippen molar-refractivity contribution in [2.24, 2.45) is 0 Å². The summed E-state index contributed by atoms with van der Waals surface area (Å²) in [7, 11) is 0. The van der Waals surface area contributed by atoms with Crippen molar-refractivity contribution in [1.82, 2.24) is 4.98 Å². The summed E-state index contributed by atoms with van der Waals surface area (Å²) in [6.07, 6.45) is 3.16. The molecule has 0 fully saturated rings. The highest BCUT2D eigenvalue weighted by Crippen LogP contribution is 2.30. The van der Waals surface area contributed by atoms with Crippen molar-refractivity contribution < 1.29 is 14.3 Å². The van der Waals surface area contributed by atoms with E-state index in [4.69, 9.17) is 9.52 Å². The van der Waals surface area contributed by atoms with E-state index >= 15 is 0 Å². The molecule has 16 heavy (non-hydrogen) atoms. The van der Waals surface area contributed by atoms with Gasteiger partial charge in [-0.15, -0.1) is 0 Å². The summed E-state index contributed by atoms with van der Waals surface area (Å²) in [5.74, 6) is -0.177. The summed E-state index contributed by atoms with van der Waals surface area (Å²) in [6.45, 7) is 1.88. The van der Waals surface area contributed by atoms with Crippen LogP contribution in [0.2, 0.25) is 0 Å². The maximum Gasteiger partial charge on any atom is 0.354 e. The molecule has 0 aliphatic carbocycles. The van der Waals surface area contributed by atoms with Crippen molar-refractivity contribution in [3.8, 4) is 0 Å². The second kappa shape index (κ2) is 4.40. The van der Waals surface area contributed by atoms with Crippen LogP contribution >= 0.6 is 11.8 Å². The number of carboxylic acids is 1. The predicted molar refractivity (Wildman–Crippen MR) is 58.8 cm³/mol. The Morgan fingerprint density at radius 1 is 1.44 bits per heavy atom. The monoisotopic (exact) mass is 235 g/mol. The molecular weight excluding hydrogens is 226 g/mol. The van der Waals surface area contributed by atoms with Crippen molar-refractivity contribution in [1.29, 1.82) is 0 Å². The van der Waals surface area contributed by atoms with Gasteiger partial charge in [0.25, 0.3) is 0 Å². The van der Waals surface area contributed by atoms with E-state index in [1.807, 2.05) is 13.0 Å². The summed E-state index contributed by atoms with van der Waals surface area (Å²) in [6, 6.07) is 5.08. The first kappa shape index (κ1) is 10.8. The van der Waals surface area contributed by atoms with Gasteiger partial charge in [-0.05, 0) is 25.1 Å². The third-order valence-electron chi connectivity index (χ3n) is 1.99. The van der Waals surface area contributed by atoms with Gasteiger partial charge in [0, 0.05) is 11.1 Å². The lowest BCUT2D eigenvalue weighted by molar-refractivity contribution is 0.0690. The van der Waals surface area contributed by atoms with Crippen LogP contribution in [0.4, 0.5) is 0 Å². The molecule has 0 amide bonds. The molecular formula is C11H9NO3S. The van der Waals surface area contributed by atoms with E-state index in [1.165, 1.54) is 17.8 Å². The fourth-order valence-electron chi connectivity index (χ4n) is 1.17. The number of hydrogen-bond donors (Lipinski definition) is 1. The van der Waals surface area contributed by atoms with Gasteiger partial charge >= 0.3 is 5.97 Å². The fraction of sp³-hybridized carbons (Fsp3) is 0.0909. The molecule has 0 radical (unpaired) electrons. The fourth-order valence-corrected chi connectivity index (χ4v) is 1.98. The van der Waals surface area contributed by atoms with Crippen molar-refractivity contribution in [2.45, 2.75) is 16.7 Å². The smallest absolute Gasteiger partial charge is 0.354 e. The van der Waals surface area contributed by atoms with Gasteiger partial charge in [0.15, 0.2) is 0 Å². The van der Waals surface area contributed by atoms with E-state index in [9.17, 15) is 4.79 Å². The van der Waals surface area contributed by atoms with Crippen LogP contribution in [0.25, 0.3) is 0 Å². The molecule has 0 bridgehead atoms. The second-order valence-corrected chi connectivity index (χ2v) is 4.24. The highest BCUT2D eigenvalue weighted by atomic mass is 32.2. The summed E-state index contributed by atoms with van der Waals surface area (Å²) >= 11 is 1.49. The van der Waals surface area contributed by atoms with Crippen LogP contribution in [-0.2, 0) is 0 Å². The number of hydrogen-bond acceptors (Lipinski definition) is 4. The third-order valence-corrected chi connectivity index (χ3v) is 3.12. The first-order valence-electron chi connectivity index (χ1n) is 4.58. The number of pyridine rings is 1. The van der Waals surface area contributed by atoms with Crippen LogP contribution < -0.4 is 0 Å². The minimum Gasteiger partial charge on any atom is -0.477 e. The average Bonchev–Trinajstić information content (AvgIpc) is 2.65. The van der Waals surface area contributed by atoms with Gasteiger partial charge in [0.2, 0.25) is 0 Å². The molecule has 0 saturated carbocycles. The molecule has 4 nitrogen and oxygen atoms in total. The molecule has 2 heterocycles. The van der Waals surface area contributed by atoms with Crippen LogP contribution in [0.1, 0.15) is 16.2 Å². The molecule has 0 aliphatic rings. The largest absolute Gasteiger partial charge is 0.477 e.